The highest BCUT2D eigenvalue weighted by atomic mass is 32.1. The molecule has 0 aliphatic carbocycles. The van der Waals surface area contributed by atoms with Gasteiger partial charge in [0.1, 0.15) is 0 Å². The predicted molar refractivity (Wildman–Crippen MR) is 72.9 cm³/mol. The Morgan fingerprint density at radius 3 is 2.74 bits per heavy atom. The summed E-state index contributed by atoms with van der Waals surface area (Å²) in [4.78, 5) is 18.6. The number of aromatic carboxylic acids is 1. The van der Waals surface area contributed by atoms with Crippen LogP contribution in [0.1, 0.15) is 26.5 Å². The van der Waals surface area contributed by atoms with Crippen LogP contribution in [0, 0.1) is 0 Å². The number of hydrogen-bond acceptors (Lipinski definition) is 5. The lowest BCUT2D eigenvalue weighted by molar-refractivity contribution is 0.0697. The molecule has 1 aromatic carbocycles. The minimum Gasteiger partial charge on any atom is -0.478 e. The maximum absolute atomic E-state index is 10.8. The normalized spacial score (nSPS) is 14.5. The number of hydrogen-bond donors (Lipinski definition) is 2. The molecule has 5 nitrogen and oxygen atoms in total. The van der Waals surface area contributed by atoms with Crippen LogP contribution in [0.4, 0.5) is 5.13 Å². The van der Waals surface area contributed by atoms with Crippen LogP contribution in [0.15, 0.2) is 24.3 Å². The second-order valence-electron chi connectivity index (χ2n) is 4.57. The molecule has 0 bridgehead atoms. The van der Waals surface area contributed by atoms with Gasteiger partial charge in [0, 0.05) is 24.5 Å². The van der Waals surface area contributed by atoms with Gasteiger partial charge < -0.3 is 10.8 Å². The van der Waals surface area contributed by atoms with E-state index in [1.54, 1.807) is 23.5 Å². The van der Waals surface area contributed by atoms with Gasteiger partial charge in [-0.15, -0.1) is 11.3 Å². The molecule has 1 aromatic heterocycles. The Hall–Kier alpha value is -1.92. The van der Waals surface area contributed by atoms with Gasteiger partial charge in [0.2, 0.25) is 0 Å². The molecule has 2 aromatic rings. The van der Waals surface area contributed by atoms with Crippen LogP contribution in [0.3, 0.4) is 0 Å². The second kappa shape index (κ2) is 4.64. The van der Waals surface area contributed by atoms with Gasteiger partial charge >= 0.3 is 5.97 Å². The zero-order valence-corrected chi connectivity index (χ0v) is 11.0. The molecule has 98 valence electrons. The molecule has 0 atom stereocenters. The zero-order chi connectivity index (χ0) is 13.4. The fourth-order valence-corrected chi connectivity index (χ4v) is 3.13. The molecule has 19 heavy (non-hydrogen) atoms. The first-order valence-corrected chi connectivity index (χ1v) is 6.72. The highest BCUT2D eigenvalue weighted by molar-refractivity contribution is 7.15. The van der Waals surface area contributed by atoms with Crippen LogP contribution in [0.5, 0.6) is 0 Å². The number of nitrogens with zero attached hydrogens (tertiary/aromatic N) is 2. The Bertz CT molecular complexity index is 598. The molecule has 3 rings (SSSR count). The first kappa shape index (κ1) is 12.1. The zero-order valence-electron chi connectivity index (χ0n) is 10.2. The fourth-order valence-electron chi connectivity index (χ4n) is 2.24. The Kier molecular flexibility index (Phi) is 2.96. The quantitative estimate of drug-likeness (QED) is 0.895. The molecule has 3 N–H and O–H groups in total. The third kappa shape index (κ3) is 2.45. The highest BCUT2D eigenvalue weighted by Crippen LogP contribution is 2.30. The molecule has 0 amide bonds. The van der Waals surface area contributed by atoms with Crippen molar-refractivity contribution in [1.82, 2.24) is 9.88 Å². The lowest BCUT2D eigenvalue weighted by Gasteiger charge is -2.14. The first-order chi connectivity index (χ1) is 9.11. The summed E-state index contributed by atoms with van der Waals surface area (Å²) >= 11 is 1.54. The third-order valence-corrected chi connectivity index (χ3v) is 4.05. The molecule has 2 heterocycles. The van der Waals surface area contributed by atoms with Crippen molar-refractivity contribution in [3.8, 4) is 0 Å². The van der Waals surface area contributed by atoms with E-state index in [2.05, 4.69) is 9.88 Å². The van der Waals surface area contributed by atoms with E-state index in [4.69, 9.17) is 10.8 Å². The number of rotatable bonds is 3. The number of carbonyl (C=O) groups is 1. The van der Waals surface area contributed by atoms with Crippen LogP contribution in [-0.4, -0.2) is 21.0 Å². The maximum Gasteiger partial charge on any atom is 0.335 e. The van der Waals surface area contributed by atoms with E-state index in [9.17, 15) is 4.79 Å². The van der Waals surface area contributed by atoms with E-state index in [0.717, 1.165) is 30.9 Å². The Labute approximate surface area is 114 Å². The van der Waals surface area contributed by atoms with Gasteiger partial charge in [0.05, 0.1) is 11.3 Å². The topological polar surface area (TPSA) is 79.5 Å². The standard InChI is InChI=1S/C13H13N3O2S/c14-13-15-10-6-16(7-11(10)19-13)5-8-1-3-9(4-2-8)12(17)18/h1-4H,5-7H2,(H2,14,15)(H,17,18). The minimum absolute atomic E-state index is 0.318. The number of anilines is 1. The van der Waals surface area contributed by atoms with E-state index >= 15 is 0 Å². The van der Waals surface area contributed by atoms with Crippen molar-refractivity contribution in [3.05, 3.63) is 46.0 Å². The van der Waals surface area contributed by atoms with Gasteiger partial charge in [0.15, 0.2) is 5.13 Å². The van der Waals surface area contributed by atoms with Crippen LogP contribution >= 0.6 is 11.3 Å². The summed E-state index contributed by atoms with van der Waals surface area (Å²) in [5, 5.41) is 9.48. The smallest absolute Gasteiger partial charge is 0.335 e. The van der Waals surface area contributed by atoms with Crippen LogP contribution in [0.25, 0.3) is 0 Å². The van der Waals surface area contributed by atoms with Crippen molar-refractivity contribution in [3.63, 3.8) is 0 Å². The van der Waals surface area contributed by atoms with Gasteiger partial charge in [-0.1, -0.05) is 12.1 Å². The number of carboxylic acid groups (broad SMARTS) is 1. The lowest BCUT2D eigenvalue weighted by atomic mass is 10.1. The molecule has 6 heteroatoms. The number of nitrogen functional groups attached to an aromatic ring is 1. The minimum atomic E-state index is -0.894. The Morgan fingerprint density at radius 2 is 2.11 bits per heavy atom. The summed E-state index contributed by atoms with van der Waals surface area (Å²) < 4.78 is 0. The van der Waals surface area contributed by atoms with Gasteiger partial charge in [0.25, 0.3) is 0 Å². The van der Waals surface area contributed by atoms with Gasteiger partial charge in [-0.05, 0) is 17.7 Å². The number of benzene rings is 1. The van der Waals surface area contributed by atoms with Crippen LogP contribution in [0.2, 0.25) is 0 Å². The molecule has 0 saturated heterocycles. The van der Waals surface area contributed by atoms with E-state index in [0.29, 0.717) is 10.7 Å². The Morgan fingerprint density at radius 1 is 1.37 bits per heavy atom. The van der Waals surface area contributed by atoms with Crippen molar-refractivity contribution in [2.24, 2.45) is 0 Å². The average molecular weight is 275 g/mol. The maximum atomic E-state index is 10.8. The number of carboxylic acids is 1. The van der Waals surface area contributed by atoms with Crippen LogP contribution < -0.4 is 5.73 Å². The van der Waals surface area contributed by atoms with E-state index in [1.807, 2.05) is 12.1 Å². The number of nitrogens with two attached hydrogens (primary N) is 1. The predicted octanol–water partition coefficient (Wildman–Crippen LogP) is 1.94. The number of fused-ring (bicyclic) bond motifs is 1. The van der Waals surface area contributed by atoms with Crippen molar-refractivity contribution in [1.29, 1.82) is 0 Å². The highest BCUT2D eigenvalue weighted by Gasteiger charge is 2.22. The summed E-state index contributed by atoms with van der Waals surface area (Å²) in [6.45, 7) is 2.47. The molecule has 1 aliphatic rings. The van der Waals surface area contributed by atoms with Crippen LogP contribution in [-0.2, 0) is 19.6 Å². The van der Waals surface area contributed by atoms with Gasteiger partial charge in [-0.2, -0.15) is 0 Å². The average Bonchev–Trinajstić information content (AvgIpc) is 2.86. The first-order valence-electron chi connectivity index (χ1n) is 5.90. The van der Waals surface area contributed by atoms with Crippen molar-refractivity contribution < 1.29 is 9.90 Å². The molecular formula is C13H13N3O2S. The molecular weight excluding hydrogens is 262 g/mol. The van der Waals surface area contributed by atoms with Crippen molar-refractivity contribution in [2.45, 2.75) is 19.6 Å². The third-order valence-electron chi connectivity index (χ3n) is 3.14. The van der Waals surface area contributed by atoms with Gasteiger partial charge in [-0.25, -0.2) is 9.78 Å². The molecule has 0 spiro atoms. The summed E-state index contributed by atoms with van der Waals surface area (Å²) in [5.41, 5.74) is 8.16. The molecule has 0 fully saturated rings. The monoisotopic (exact) mass is 275 g/mol. The molecule has 0 unspecified atom stereocenters. The molecule has 0 radical (unpaired) electrons. The number of thiazole rings is 1. The van der Waals surface area contributed by atoms with E-state index in [1.165, 1.54) is 4.88 Å². The fraction of sp³-hybridized carbons (Fsp3) is 0.231. The summed E-state index contributed by atoms with van der Waals surface area (Å²) in [7, 11) is 0. The summed E-state index contributed by atoms with van der Waals surface area (Å²) in [5.74, 6) is -0.894. The second-order valence-corrected chi connectivity index (χ2v) is 5.68. The van der Waals surface area contributed by atoms with Gasteiger partial charge in [-0.3, -0.25) is 4.90 Å². The van der Waals surface area contributed by atoms with E-state index < -0.39 is 5.97 Å². The van der Waals surface area contributed by atoms with E-state index in [-0.39, 0.29) is 0 Å². The lowest BCUT2D eigenvalue weighted by Crippen LogP contribution is -2.16. The molecule has 0 saturated carbocycles. The summed E-state index contributed by atoms with van der Waals surface area (Å²) in [6, 6.07) is 6.99. The number of aromatic nitrogens is 1. The van der Waals surface area contributed by atoms with Crippen molar-refractivity contribution >= 4 is 22.4 Å². The largest absolute Gasteiger partial charge is 0.478 e. The SMILES string of the molecule is Nc1nc2c(s1)CN(Cc1ccc(C(=O)O)cc1)C2. The summed E-state index contributed by atoms with van der Waals surface area (Å²) in [6.07, 6.45) is 0. The molecule has 1 aliphatic heterocycles. The van der Waals surface area contributed by atoms with Crippen molar-refractivity contribution in [2.75, 3.05) is 5.73 Å². The Balaban J connectivity index is 1.67.